The molecule has 0 fully saturated rings. The number of hydrogen-bond donors (Lipinski definition) is 3. The molecule has 0 saturated heterocycles. The van der Waals surface area contributed by atoms with Gasteiger partial charge in [-0.05, 0) is 6.42 Å². The lowest BCUT2D eigenvalue weighted by Gasteiger charge is -2.16. The van der Waals surface area contributed by atoms with E-state index >= 15 is 0 Å². The Kier molecular flexibility index (Phi) is 12.2. The molecule has 0 aliphatic rings. The Morgan fingerprint density at radius 3 is 2.20 bits per heavy atom. The Labute approximate surface area is 122 Å². The minimum absolute atomic E-state index is 0.0762. The lowest BCUT2D eigenvalue weighted by atomic mass is 10.0. The van der Waals surface area contributed by atoms with Crippen molar-refractivity contribution in [2.45, 2.75) is 70.8 Å². The summed E-state index contributed by atoms with van der Waals surface area (Å²) in [5.41, 5.74) is 0. The summed E-state index contributed by atoms with van der Waals surface area (Å²) in [4.78, 5) is 21.9. The molecule has 0 spiro atoms. The van der Waals surface area contributed by atoms with Crippen molar-refractivity contribution >= 4 is 11.9 Å². The van der Waals surface area contributed by atoms with Gasteiger partial charge in [0, 0.05) is 13.1 Å². The summed E-state index contributed by atoms with van der Waals surface area (Å²) in [6.07, 6.45) is 9.39. The van der Waals surface area contributed by atoms with Crippen LogP contribution in [0.25, 0.3) is 0 Å². The first-order chi connectivity index (χ1) is 9.60. The average Bonchev–Trinajstić information content (AvgIpc) is 2.42. The minimum Gasteiger partial charge on any atom is -0.481 e. The van der Waals surface area contributed by atoms with Crippen molar-refractivity contribution in [1.82, 2.24) is 10.6 Å². The second-order valence-electron chi connectivity index (χ2n) is 5.26. The van der Waals surface area contributed by atoms with Gasteiger partial charge in [-0.2, -0.15) is 0 Å². The van der Waals surface area contributed by atoms with Crippen molar-refractivity contribution in [3.8, 4) is 0 Å². The predicted molar refractivity (Wildman–Crippen MR) is 80.7 cm³/mol. The molecule has 0 saturated carbocycles. The molecular weight excluding hydrogens is 256 g/mol. The number of carbonyl (C=O) groups excluding carboxylic acids is 1. The van der Waals surface area contributed by atoms with Crippen molar-refractivity contribution in [2.75, 3.05) is 13.6 Å². The largest absolute Gasteiger partial charge is 0.481 e. The summed E-state index contributed by atoms with van der Waals surface area (Å²) in [6, 6.07) is -0.111. The molecule has 0 radical (unpaired) electrons. The maximum atomic E-state index is 11.2. The van der Waals surface area contributed by atoms with E-state index in [9.17, 15) is 9.59 Å². The number of nitrogens with one attached hydrogen (secondary N) is 2. The highest BCUT2D eigenvalue weighted by Crippen LogP contribution is 2.11. The molecule has 0 heterocycles. The van der Waals surface area contributed by atoms with Crippen molar-refractivity contribution in [1.29, 1.82) is 0 Å². The molecule has 0 unspecified atom stereocenters. The highest BCUT2D eigenvalue weighted by atomic mass is 16.4. The summed E-state index contributed by atoms with van der Waals surface area (Å²) in [5, 5.41) is 14.4. The molecule has 0 aliphatic carbocycles. The van der Waals surface area contributed by atoms with E-state index in [1.54, 1.807) is 7.05 Å². The van der Waals surface area contributed by atoms with Gasteiger partial charge in [-0.1, -0.05) is 51.9 Å². The van der Waals surface area contributed by atoms with E-state index in [-0.39, 0.29) is 24.9 Å². The fourth-order valence-corrected chi connectivity index (χ4v) is 2.16. The van der Waals surface area contributed by atoms with E-state index < -0.39 is 5.97 Å². The molecule has 0 aliphatic heterocycles. The third-order valence-electron chi connectivity index (χ3n) is 3.41. The van der Waals surface area contributed by atoms with Gasteiger partial charge in [0.2, 0.25) is 5.91 Å². The van der Waals surface area contributed by atoms with Crippen LogP contribution in [-0.2, 0) is 9.59 Å². The van der Waals surface area contributed by atoms with Crippen LogP contribution in [0.15, 0.2) is 0 Å². The second kappa shape index (κ2) is 12.9. The minimum atomic E-state index is -0.817. The monoisotopic (exact) mass is 286 g/mol. The number of amides is 1. The lowest BCUT2D eigenvalue weighted by Crippen LogP contribution is -2.39. The van der Waals surface area contributed by atoms with Crippen LogP contribution >= 0.6 is 0 Å². The van der Waals surface area contributed by atoms with Gasteiger partial charge in [0.15, 0.2) is 0 Å². The number of carbonyl (C=O) groups is 2. The van der Waals surface area contributed by atoms with Gasteiger partial charge in [-0.3, -0.25) is 9.59 Å². The fraction of sp³-hybridized carbons (Fsp3) is 0.867. The topological polar surface area (TPSA) is 78.4 Å². The molecular formula is C15H30N2O3. The van der Waals surface area contributed by atoms with Gasteiger partial charge in [0.25, 0.3) is 0 Å². The number of likely N-dealkylation sites (N-methyl/N-ethyl adjacent to an activating group) is 1. The Balaban J connectivity index is 3.75. The number of rotatable bonds is 13. The summed E-state index contributed by atoms with van der Waals surface area (Å²) in [5.74, 6) is -0.928. The first-order valence-corrected chi connectivity index (χ1v) is 7.75. The van der Waals surface area contributed by atoms with Crippen LogP contribution in [0.3, 0.4) is 0 Å². The number of aliphatic carboxylic acids is 1. The van der Waals surface area contributed by atoms with Crippen molar-refractivity contribution in [2.24, 2.45) is 0 Å². The van der Waals surface area contributed by atoms with Crippen molar-refractivity contribution < 1.29 is 14.7 Å². The van der Waals surface area contributed by atoms with E-state index in [0.717, 1.165) is 19.3 Å². The second-order valence-corrected chi connectivity index (χ2v) is 5.26. The molecule has 0 aromatic carbocycles. The summed E-state index contributed by atoms with van der Waals surface area (Å²) in [6.45, 7) is 2.39. The SMILES string of the molecule is CCCCCCCCC[C@H](CC(=O)O)NCC(=O)NC. The quantitative estimate of drug-likeness (QED) is 0.454. The van der Waals surface area contributed by atoms with Gasteiger partial charge < -0.3 is 15.7 Å². The van der Waals surface area contributed by atoms with Crippen LogP contribution in [0.5, 0.6) is 0 Å². The normalized spacial score (nSPS) is 12.1. The van der Waals surface area contributed by atoms with Gasteiger partial charge in [0.05, 0.1) is 13.0 Å². The molecule has 0 aromatic heterocycles. The predicted octanol–water partition coefficient (Wildman–Crippen LogP) is 2.31. The summed E-state index contributed by atoms with van der Waals surface area (Å²) in [7, 11) is 1.58. The average molecular weight is 286 g/mol. The first kappa shape index (κ1) is 18.9. The summed E-state index contributed by atoms with van der Waals surface area (Å²) >= 11 is 0. The van der Waals surface area contributed by atoms with E-state index in [1.807, 2.05) is 0 Å². The molecule has 5 heteroatoms. The molecule has 0 rings (SSSR count). The molecule has 3 N–H and O–H groups in total. The zero-order valence-electron chi connectivity index (χ0n) is 12.9. The van der Waals surface area contributed by atoms with E-state index in [0.29, 0.717) is 0 Å². The van der Waals surface area contributed by atoms with Crippen LogP contribution in [0.2, 0.25) is 0 Å². The maximum absolute atomic E-state index is 11.2. The van der Waals surface area contributed by atoms with Gasteiger partial charge in [-0.15, -0.1) is 0 Å². The Morgan fingerprint density at radius 1 is 1.05 bits per heavy atom. The maximum Gasteiger partial charge on any atom is 0.304 e. The van der Waals surface area contributed by atoms with E-state index in [1.165, 1.54) is 32.1 Å². The third kappa shape index (κ3) is 12.0. The molecule has 118 valence electrons. The Morgan fingerprint density at radius 2 is 1.65 bits per heavy atom. The highest BCUT2D eigenvalue weighted by molar-refractivity contribution is 5.77. The highest BCUT2D eigenvalue weighted by Gasteiger charge is 2.13. The van der Waals surface area contributed by atoms with Crippen LogP contribution in [0, 0.1) is 0 Å². The Bertz CT molecular complexity index is 270. The number of unbranched alkanes of at least 4 members (excludes halogenated alkanes) is 6. The third-order valence-corrected chi connectivity index (χ3v) is 3.41. The molecule has 5 nitrogen and oxygen atoms in total. The lowest BCUT2D eigenvalue weighted by molar-refractivity contribution is -0.137. The zero-order valence-corrected chi connectivity index (χ0v) is 12.9. The summed E-state index contributed by atoms with van der Waals surface area (Å²) < 4.78 is 0. The van der Waals surface area contributed by atoms with Gasteiger partial charge in [-0.25, -0.2) is 0 Å². The molecule has 0 aromatic rings. The smallest absolute Gasteiger partial charge is 0.304 e. The molecule has 1 amide bonds. The molecule has 0 bridgehead atoms. The number of hydrogen-bond acceptors (Lipinski definition) is 3. The number of carboxylic acid groups (broad SMARTS) is 1. The van der Waals surface area contributed by atoms with Crippen LogP contribution in [0.4, 0.5) is 0 Å². The van der Waals surface area contributed by atoms with Crippen LogP contribution in [-0.4, -0.2) is 36.6 Å². The molecule has 1 atom stereocenters. The van der Waals surface area contributed by atoms with E-state index in [4.69, 9.17) is 5.11 Å². The zero-order chi connectivity index (χ0) is 15.2. The van der Waals surface area contributed by atoms with Crippen molar-refractivity contribution in [3.05, 3.63) is 0 Å². The van der Waals surface area contributed by atoms with Crippen molar-refractivity contribution in [3.63, 3.8) is 0 Å². The van der Waals surface area contributed by atoms with Gasteiger partial charge >= 0.3 is 5.97 Å². The first-order valence-electron chi connectivity index (χ1n) is 7.75. The van der Waals surface area contributed by atoms with Crippen LogP contribution in [0.1, 0.15) is 64.7 Å². The van der Waals surface area contributed by atoms with E-state index in [2.05, 4.69) is 17.6 Å². The van der Waals surface area contributed by atoms with Gasteiger partial charge in [0.1, 0.15) is 0 Å². The van der Waals surface area contributed by atoms with Crippen LogP contribution < -0.4 is 10.6 Å². The number of carboxylic acids is 1. The standard InChI is InChI=1S/C15H30N2O3/c1-3-4-5-6-7-8-9-10-13(11-15(19)20)17-12-14(18)16-2/h13,17H,3-12H2,1-2H3,(H,16,18)(H,19,20)/t13-/m1/s1. The molecule has 20 heavy (non-hydrogen) atoms. The fourth-order valence-electron chi connectivity index (χ4n) is 2.16. The Hall–Kier alpha value is -1.10.